The molecule has 0 heterocycles. The van der Waals surface area contributed by atoms with Crippen molar-refractivity contribution in [2.24, 2.45) is 5.73 Å². The van der Waals surface area contributed by atoms with Gasteiger partial charge in [0.1, 0.15) is 5.82 Å². The molecule has 0 aromatic heterocycles. The number of hydrogen-bond donors (Lipinski definition) is 1. The van der Waals surface area contributed by atoms with Gasteiger partial charge in [-0.1, -0.05) is 22.0 Å². The van der Waals surface area contributed by atoms with E-state index < -0.39 is 0 Å². The molecule has 2 N–H and O–H groups in total. The van der Waals surface area contributed by atoms with Gasteiger partial charge in [0.25, 0.3) is 0 Å². The van der Waals surface area contributed by atoms with Crippen molar-refractivity contribution < 1.29 is 4.39 Å². The van der Waals surface area contributed by atoms with E-state index in [9.17, 15) is 4.39 Å². The number of halogens is 2. The molecule has 64 valence electrons. The molecule has 0 aliphatic heterocycles. The highest BCUT2D eigenvalue weighted by atomic mass is 79.9. The molecule has 0 radical (unpaired) electrons. The van der Waals surface area contributed by atoms with E-state index in [0.717, 1.165) is 16.5 Å². The van der Waals surface area contributed by atoms with Crippen LogP contribution >= 0.6 is 15.9 Å². The molecule has 3 heteroatoms. The average molecular weight is 230 g/mol. The summed E-state index contributed by atoms with van der Waals surface area (Å²) >= 11 is 3.21. The van der Waals surface area contributed by atoms with Gasteiger partial charge in [0.05, 0.1) is 0 Å². The fourth-order valence-corrected chi connectivity index (χ4v) is 1.71. The Morgan fingerprint density at radius 1 is 1.50 bits per heavy atom. The van der Waals surface area contributed by atoms with Crippen molar-refractivity contribution in [2.75, 3.05) is 0 Å². The third-order valence-electron chi connectivity index (χ3n) is 2.20. The van der Waals surface area contributed by atoms with Crippen molar-refractivity contribution in [3.05, 3.63) is 34.1 Å². The van der Waals surface area contributed by atoms with Crippen LogP contribution in [0.4, 0.5) is 4.39 Å². The lowest BCUT2D eigenvalue weighted by molar-refractivity contribution is 0.608. The molecule has 1 saturated carbocycles. The maximum Gasteiger partial charge on any atom is 0.127 e. The molecule has 0 bridgehead atoms. The van der Waals surface area contributed by atoms with Crippen LogP contribution in [0.1, 0.15) is 17.9 Å². The summed E-state index contributed by atoms with van der Waals surface area (Å²) in [4.78, 5) is 0. The predicted molar refractivity (Wildman–Crippen MR) is 49.4 cm³/mol. The molecular formula is C9H9BrFN. The summed E-state index contributed by atoms with van der Waals surface area (Å²) in [5.41, 5.74) is 6.38. The van der Waals surface area contributed by atoms with Crippen molar-refractivity contribution in [3.63, 3.8) is 0 Å². The van der Waals surface area contributed by atoms with Crippen molar-refractivity contribution in [2.45, 2.75) is 18.4 Å². The lowest BCUT2D eigenvalue weighted by Gasteiger charge is -2.00. The van der Waals surface area contributed by atoms with Crippen LogP contribution in [0, 0.1) is 5.82 Å². The molecule has 2 rings (SSSR count). The first kappa shape index (κ1) is 8.20. The molecule has 0 spiro atoms. The molecule has 0 saturated heterocycles. The highest BCUT2D eigenvalue weighted by molar-refractivity contribution is 9.10. The van der Waals surface area contributed by atoms with Crippen LogP contribution in [0.15, 0.2) is 22.7 Å². The van der Waals surface area contributed by atoms with Crippen molar-refractivity contribution in [1.29, 1.82) is 0 Å². The normalized spacial score (nSPS) is 27.2. The zero-order chi connectivity index (χ0) is 8.72. The predicted octanol–water partition coefficient (Wildman–Crippen LogP) is 2.40. The fraction of sp³-hybridized carbons (Fsp3) is 0.333. The van der Waals surface area contributed by atoms with Gasteiger partial charge in [-0.25, -0.2) is 4.39 Å². The van der Waals surface area contributed by atoms with E-state index in [1.807, 2.05) is 6.07 Å². The average Bonchev–Trinajstić information content (AvgIpc) is 2.66. The summed E-state index contributed by atoms with van der Waals surface area (Å²) < 4.78 is 14.0. The molecule has 1 nitrogen and oxygen atoms in total. The van der Waals surface area contributed by atoms with E-state index >= 15 is 0 Å². The minimum absolute atomic E-state index is 0.151. The van der Waals surface area contributed by atoms with Gasteiger partial charge in [-0.3, -0.25) is 0 Å². The molecule has 1 fully saturated rings. The van der Waals surface area contributed by atoms with Crippen LogP contribution in [0.3, 0.4) is 0 Å². The minimum Gasteiger partial charge on any atom is -0.327 e. The maximum absolute atomic E-state index is 13.2. The van der Waals surface area contributed by atoms with Gasteiger partial charge in [0, 0.05) is 16.4 Å². The lowest BCUT2D eigenvalue weighted by Crippen LogP contribution is -2.02. The largest absolute Gasteiger partial charge is 0.327 e. The van der Waals surface area contributed by atoms with Crippen LogP contribution < -0.4 is 5.73 Å². The molecule has 12 heavy (non-hydrogen) atoms. The smallest absolute Gasteiger partial charge is 0.127 e. The minimum atomic E-state index is -0.151. The molecule has 0 amide bonds. The standard InChI is InChI=1S/C9H9BrFN/c10-5-1-2-6(8(11)3-5)7-4-9(7)12/h1-3,7,9H,4,12H2. The summed E-state index contributed by atoms with van der Waals surface area (Å²) in [6.07, 6.45) is 0.915. The first-order valence-electron chi connectivity index (χ1n) is 3.89. The number of benzene rings is 1. The summed E-state index contributed by atoms with van der Waals surface area (Å²) in [6, 6.07) is 5.31. The Hall–Kier alpha value is -0.410. The molecular weight excluding hydrogens is 221 g/mol. The molecule has 2 atom stereocenters. The van der Waals surface area contributed by atoms with E-state index in [-0.39, 0.29) is 17.8 Å². The Balaban J connectivity index is 2.33. The van der Waals surface area contributed by atoms with Gasteiger partial charge < -0.3 is 5.73 Å². The van der Waals surface area contributed by atoms with Gasteiger partial charge in [-0.2, -0.15) is 0 Å². The topological polar surface area (TPSA) is 26.0 Å². The molecule has 1 aromatic carbocycles. The Morgan fingerprint density at radius 2 is 2.17 bits per heavy atom. The van der Waals surface area contributed by atoms with Gasteiger partial charge in [0.15, 0.2) is 0 Å². The van der Waals surface area contributed by atoms with Gasteiger partial charge in [0.2, 0.25) is 0 Å². The Bertz CT molecular complexity index is 313. The van der Waals surface area contributed by atoms with Crippen LogP contribution in [0.25, 0.3) is 0 Å². The van der Waals surface area contributed by atoms with Gasteiger partial charge >= 0.3 is 0 Å². The zero-order valence-electron chi connectivity index (χ0n) is 6.43. The Kier molecular flexibility index (Phi) is 1.93. The highest BCUT2D eigenvalue weighted by Gasteiger charge is 2.36. The van der Waals surface area contributed by atoms with E-state index in [2.05, 4.69) is 15.9 Å². The first-order chi connectivity index (χ1) is 5.68. The second-order valence-electron chi connectivity index (χ2n) is 3.17. The summed E-state index contributed by atoms with van der Waals surface area (Å²) in [5, 5.41) is 0. The SMILES string of the molecule is NC1CC1c1ccc(Br)cc1F. The van der Waals surface area contributed by atoms with E-state index in [4.69, 9.17) is 5.73 Å². The quantitative estimate of drug-likeness (QED) is 0.787. The fourth-order valence-electron chi connectivity index (χ4n) is 1.37. The van der Waals surface area contributed by atoms with Crippen LogP contribution in [-0.2, 0) is 0 Å². The second kappa shape index (κ2) is 2.82. The molecule has 1 aromatic rings. The van der Waals surface area contributed by atoms with E-state index in [1.54, 1.807) is 6.07 Å². The first-order valence-corrected chi connectivity index (χ1v) is 4.68. The van der Waals surface area contributed by atoms with Crippen molar-refractivity contribution >= 4 is 15.9 Å². The molecule has 2 unspecified atom stereocenters. The van der Waals surface area contributed by atoms with Crippen molar-refractivity contribution in [3.8, 4) is 0 Å². The van der Waals surface area contributed by atoms with Crippen LogP contribution in [-0.4, -0.2) is 6.04 Å². The van der Waals surface area contributed by atoms with Gasteiger partial charge in [-0.15, -0.1) is 0 Å². The highest BCUT2D eigenvalue weighted by Crippen LogP contribution is 2.40. The summed E-state index contributed by atoms with van der Waals surface area (Å²) in [5.74, 6) is 0.0976. The van der Waals surface area contributed by atoms with Crippen molar-refractivity contribution in [1.82, 2.24) is 0 Å². The third-order valence-corrected chi connectivity index (χ3v) is 2.70. The number of nitrogens with two attached hydrogens (primary N) is 1. The monoisotopic (exact) mass is 229 g/mol. The summed E-state index contributed by atoms with van der Waals surface area (Å²) in [6.45, 7) is 0. The van der Waals surface area contributed by atoms with Gasteiger partial charge in [-0.05, 0) is 24.1 Å². The van der Waals surface area contributed by atoms with E-state index in [1.165, 1.54) is 6.07 Å². The lowest BCUT2D eigenvalue weighted by atomic mass is 10.1. The van der Waals surface area contributed by atoms with E-state index in [0.29, 0.717) is 0 Å². The number of hydrogen-bond acceptors (Lipinski definition) is 1. The second-order valence-corrected chi connectivity index (χ2v) is 4.09. The zero-order valence-corrected chi connectivity index (χ0v) is 8.01. The van der Waals surface area contributed by atoms with Crippen LogP contribution in [0.2, 0.25) is 0 Å². The third kappa shape index (κ3) is 1.39. The molecule has 1 aliphatic rings. The Labute approximate surface area is 78.9 Å². The molecule has 1 aliphatic carbocycles. The summed E-state index contributed by atoms with van der Waals surface area (Å²) in [7, 11) is 0. The number of rotatable bonds is 1. The van der Waals surface area contributed by atoms with Crippen LogP contribution in [0.5, 0.6) is 0 Å². The maximum atomic E-state index is 13.2. The Morgan fingerprint density at radius 3 is 2.67 bits per heavy atom.